The van der Waals surface area contributed by atoms with Crippen molar-refractivity contribution in [2.24, 2.45) is 11.7 Å². The summed E-state index contributed by atoms with van der Waals surface area (Å²) in [6.07, 6.45) is 1.42. The molecule has 1 aromatic carbocycles. The zero-order valence-corrected chi connectivity index (χ0v) is 14.2. The normalized spacial score (nSPS) is 17.6. The highest BCUT2D eigenvalue weighted by atomic mass is 16.5. The molecule has 0 unspecified atom stereocenters. The van der Waals surface area contributed by atoms with Crippen LogP contribution in [0.2, 0.25) is 0 Å². The van der Waals surface area contributed by atoms with Gasteiger partial charge in [-0.05, 0) is 36.5 Å². The second kappa shape index (κ2) is 7.95. The monoisotopic (exact) mass is 332 g/mol. The van der Waals surface area contributed by atoms with Crippen molar-refractivity contribution in [2.45, 2.75) is 32.6 Å². The van der Waals surface area contributed by atoms with E-state index < -0.39 is 11.9 Å². The van der Waals surface area contributed by atoms with Gasteiger partial charge in [0, 0.05) is 13.1 Å². The molecular formula is C18H24N2O4. The largest absolute Gasteiger partial charge is 0.452 e. The lowest BCUT2D eigenvalue weighted by atomic mass is 9.97. The van der Waals surface area contributed by atoms with Crippen molar-refractivity contribution in [2.75, 3.05) is 19.7 Å². The number of carbonyl (C=O) groups is 3. The number of esters is 1. The third kappa shape index (κ3) is 4.57. The third-order valence-corrected chi connectivity index (χ3v) is 4.32. The predicted octanol–water partition coefficient (Wildman–Crippen LogP) is 1.69. The van der Waals surface area contributed by atoms with Gasteiger partial charge in [0.1, 0.15) is 0 Å². The third-order valence-electron chi connectivity index (χ3n) is 4.32. The van der Waals surface area contributed by atoms with Gasteiger partial charge in [-0.1, -0.05) is 26.0 Å². The molecule has 1 heterocycles. The van der Waals surface area contributed by atoms with Crippen molar-refractivity contribution in [3.63, 3.8) is 0 Å². The van der Waals surface area contributed by atoms with Gasteiger partial charge in [-0.3, -0.25) is 9.59 Å². The molecule has 2 rings (SSSR count). The van der Waals surface area contributed by atoms with E-state index in [4.69, 9.17) is 10.5 Å². The topological polar surface area (TPSA) is 89.7 Å². The fourth-order valence-corrected chi connectivity index (χ4v) is 2.74. The van der Waals surface area contributed by atoms with Gasteiger partial charge in [0.25, 0.3) is 5.91 Å². The molecule has 6 heteroatoms. The second-order valence-corrected chi connectivity index (χ2v) is 6.43. The van der Waals surface area contributed by atoms with Crippen molar-refractivity contribution in [3.8, 4) is 0 Å². The second-order valence-electron chi connectivity index (χ2n) is 6.43. The maximum absolute atomic E-state index is 12.1. The zero-order chi connectivity index (χ0) is 17.7. The van der Waals surface area contributed by atoms with Gasteiger partial charge in [0.05, 0.1) is 11.5 Å². The molecule has 0 aliphatic carbocycles. The Morgan fingerprint density at radius 3 is 2.50 bits per heavy atom. The van der Waals surface area contributed by atoms with Crippen molar-refractivity contribution in [1.82, 2.24) is 4.90 Å². The molecule has 0 spiro atoms. The minimum absolute atomic E-state index is 0.298. The van der Waals surface area contributed by atoms with Gasteiger partial charge in [-0.25, -0.2) is 4.79 Å². The highest BCUT2D eigenvalue weighted by Crippen LogP contribution is 2.17. The molecule has 24 heavy (non-hydrogen) atoms. The highest BCUT2D eigenvalue weighted by molar-refractivity contribution is 5.91. The number of piperidine rings is 1. The van der Waals surface area contributed by atoms with E-state index in [0.717, 1.165) is 12.0 Å². The molecule has 1 aliphatic rings. The number of ether oxygens (including phenoxy) is 1. The molecule has 1 aromatic rings. The summed E-state index contributed by atoms with van der Waals surface area (Å²) in [5.41, 5.74) is 6.85. The van der Waals surface area contributed by atoms with E-state index in [0.29, 0.717) is 31.0 Å². The lowest BCUT2D eigenvalue weighted by molar-refractivity contribution is -0.137. The van der Waals surface area contributed by atoms with E-state index >= 15 is 0 Å². The van der Waals surface area contributed by atoms with E-state index in [1.54, 1.807) is 12.1 Å². The number of nitrogens with zero attached hydrogens (tertiary/aromatic N) is 1. The zero-order valence-electron chi connectivity index (χ0n) is 14.2. The predicted molar refractivity (Wildman–Crippen MR) is 89.3 cm³/mol. The standard InChI is InChI=1S/C18H24N2O4/c1-12(2)13-5-7-14(8-6-13)18(23)24-11-16(21)20-9-3-4-15(10-20)17(19)22/h5-8,12,15H,3-4,9-11H2,1-2H3,(H2,19,22)/t15-/m1/s1. The van der Waals surface area contributed by atoms with Crippen LogP contribution in [0.1, 0.15) is 48.5 Å². The Balaban J connectivity index is 1.86. The molecule has 1 fully saturated rings. The first-order valence-electron chi connectivity index (χ1n) is 8.22. The van der Waals surface area contributed by atoms with Crippen LogP contribution < -0.4 is 5.73 Å². The average molecular weight is 332 g/mol. The molecular weight excluding hydrogens is 308 g/mol. The van der Waals surface area contributed by atoms with E-state index in [1.165, 1.54) is 4.90 Å². The number of benzene rings is 1. The molecule has 6 nitrogen and oxygen atoms in total. The number of primary amides is 1. The Bertz CT molecular complexity index is 610. The Labute approximate surface area is 142 Å². The maximum atomic E-state index is 12.1. The van der Waals surface area contributed by atoms with Crippen LogP contribution in [0.25, 0.3) is 0 Å². The molecule has 0 aromatic heterocycles. The summed E-state index contributed by atoms with van der Waals surface area (Å²) >= 11 is 0. The Hall–Kier alpha value is -2.37. The summed E-state index contributed by atoms with van der Waals surface area (Å²) in [6.45, 7) is 4.68. The van der Waals surface area contributed by atoms with Gasteiger partial charge in [-0.2, -0.15) is 0 Å². The summed E-state index contributed by atoms with van der Waals surface area (Å²) in [4.78, 5) is 36.9. The van der Waals surface area contributed by atoms with Crippen LogP contribution in [0.5, 0.6) is 0 Å². The molecule has 2 amide bonds. The fraction of sp³-hybridized carbons (Fsp3) is 0.500. The number of amides is 2. The molecule has 1 saturated heterocycles. The van der Waals surface area contributed by atoms with Gasteiger partial charge in [0.2, 0.25) is 5.91 Å². The Kier molecular flexibility index (Phi) is 5.95. The van der Waals surface area contributed by atoms with Gasteiger partial charge >= 0.3 is 5.97 Å². The first-order valence-corrected chi connectivity index (χ1v) is 8.22. The van der Waals surface area contributed by atoms with Crippen molar-refractivity contribution >= 4 is 17.8 Å². The quantitative estimate of drug-likeness (QED) is 0.831. The Morgan fingerprint density at radius 1 is 1.25 bits per heavy atom. The van der Waals surface area contributed by atoms with Crippen molar-refractivity contribution in [1.29, 1.82) is 0 Å². The van der Waals surface area contributed by atoms with Crippen molar-refractivity contribution < 1.29 is 19.1 Å². The molecule has 0 bridgehead atoms. The lowest BCUT2D eigenvalue weighted by Crippen LogP contribution is -2.45. The molecule has 1 aliphatic heterocycles. The first kappa shape index (κ1) is 18.0. The molecule has 0 radical (unpaired) electrons. The van der Waals surface area contributed by atoms with Crippen LogP contribution in [-0.4, -0.2) is 42.4 Å². The van der Waals surface area contributed by atoms with Crippen LogP contribution in [-0.2, 0) is 14.3 Å². The van der Waals surface area contributed by atoms with Crippen molar-refractivity contribution in [3.05, 3.63) is 35.4 Å². The van der Waals surface area contributed by atoms with E-state index in [-0.39, 0.29) is 18.4 Å². The molecule has 1 atom stereocenters. The number of hydrogen-bond donors (Lipinski definition) is 1. The smallest absolute Gasteiger partial charge is 0.338 e. The number of carbonyl (C=O) groups excluding carboxylic acids is 3. The minimum Gasteiger partial charge on any atom is -0.452 e. The number of hydrogen-bond acceptors (Lipinski definition) is 4. The number of nitrogens with two attached hydrogens (primary N) is 1. The van der Waals surface area contributed by atoms with Crippen LogP contribution in [0, 0.1) is 5.92 Å². The molecule has 130 valence electrons. The van der Waals surface area contributed by atoms with Crippen LogP contribution in [0.4, 0.5) is 0 Å². The maximum Gasteiger partial charge on any atom is 0.338 e. The molecule has 2 N–H and O–H groups in total. The molecule has 0 saturated carbocycles. The fourth-order valence-electron chi connectivity index (χ4n) is 2.74. The minimum atomic E-state index is -0.526. The first-order chi connectivity index (χ1) is 11.4. The van der Waals surface area contributed by atoms with E-state index in [9.17, 15) is 14.4 Å². The summed E-state index contributed by atoms with van der Waals surface area (Å²) in [6, 6.07) is 7.16. The van der Waals surface area contributed by atoms with Crippen LogP contribution in [0.3, 0.4) is 0 Å². The van der Waals surface area contributed by atoms with E-state index in [1.807, 2.05) is 12.1 Å². The van der Waals surface area contributed by atoms with Crippen LogP contribution >= 0.6 is 0 Å². The number of likely N-dealkylation sites (tertiary alicyclic amines) is 1. The summed E-state index contributed by atoms with van der Waals surface area (Å²) in [7, 11) is 0. The number of rotatable bonds is 5. The summed E-state index contributed by atoms with van der Waals surface area (Å²) < 4.78 is 5.09. The SMILES string of the molecule is CC(C)c1ccc(C(=O)OCC(=O)N2CCC[C@@H](C(N)=O)C2)cc1. The highest BCUT2D eigenvalue weighted by Gasteiger charge is 2.27. The average Bonchev–Trinajstić information content (AvgIpc) is 2.59. The lowest BCUT2D eigenvalue weighted by Gasteiger charge is -2.31. The summed E-state index contributed by atoms with van der Waals surface area (Å²) in [5.74, 6) is -1.15. The summed E-state index contributed by atoms with van der Waals surface area (Å²) in [5, 5.41) is 0. The van der Waals surface area contributed by atoms with Gasteiger partial charge in [-0.15, -0.1) is 0 Å². The van der Waals surface area contributed by atoms with Gasteiger partial charge < -0.3 is 15.4 Å². The van der Waals surface area contributed by atoms with Gasteiger partial charge in [0.15, 0.2) is 6.61 Å². The van der Waals surface area contributed by atoms with E-state index in [2.05, 4.69) is 13.8 Å². The Morgan fingerprint density at radius 2 is 1.92 bits per heavy atom. The van der Waals surface area contributed by atoms with Crippen LogP contribution in [0.15, 0.2) is 24.3 Å².